The van der Waals surface area contributed by atoms with Gasteiger partial charge in [-0.25, -0.2) is 0 Å². The fraction of sp³-hybridized carbons (Fsp3) is 0. The minimum Gasteiger partial charge on any atom is -0.309 e. The van der Waals surface area contributed by atoms with Crippen molar-refractivity contribution in [1.82, 2.24) is 9.13 Å². The van der Waals surface area contributed by atoms with Crippen molar-refractivity contribution in [3.05, 3.63) is 183 Å². The molecule has 3 heterocycles. The highest BCUT2D eigenvalue weighted by atomic mass is 32.1. The first-order valence-electron chi connectivity index (χ1n) is 15.7. The highest BCUT2D eigenvalue weighted by Crippen LogP contribution is 2.42. The van der Waals surface area contributed by atoms with Crippen molar-refractivity contribution < 1.29 is 0 Å². The summed E-state index contributed by atoms with van der Waals surface area (Å²) in [6.45, 7) is 10.7. The number of benzene rings is 6. The van der Waals surface area contributed by atoms with Gasteiger partial charge in [-0.05, 0) is 54.1 Å². The summed E-state index contributed by atoms with van der Waals surface area (Å²) >= 11 is 1.89. The van der Waals surface area contributed by atoms with Gasteiger partial charge in [-0.15, -0.1) is 11.3 Å². The summed E-state index contributed by atoms with van der Waals surface area (Å²) in [5.74, 6) is 0. The summed E-state index contributed by atoms with van der Waals surface area (Å²) in [5.41, 5.74) is 8.41. The third kappa shape index (κ3) is 4.63. The number of para-hydroxylation sites is 4. The molecule has 0 saturated heterocycles. The van der Waals surface area contributed by atoms with Crippen molar-refractivity contribution in [3.63, 3.8) is 0 Å². The molecule has 6 aromatic carbocycles. The third-order valence-corrected chi connectivity index (χ3v) is 10.1. The van der Waals surface area contributed by atoms with Crippen LogP contribution in [0.1, 0.15) is 0 Å². The van der Waals surface area contributed by atoms with Crippen LogP contribution in [-0.4, -0.2) is 9.13 Å². The number of rotatable bonds is 5. The van der Waals surface area contributed by atoms with Crippen LogP contribution in [0.15, 0.2) is 183 Å². The van der Waals surface area contributed by atoms with E-state index in [2.05, 4.69) is 162 Å². The molecule has 9 aromatic rings. The Hall–Kier alpha value is -5.90. The van der Waals surface area contributed by atoms with Gasteiger partial charge in [0.25, 0.3) is 0 Å². The first-order valence-corrected chi connectivity index (χ1v) is 16.5. The number of nitrogens with zero attached hydrogens (tertiary/aromatic N) is 2. The molecule has 224 valence electrons. The highest BCUT2D eigenvalue weighted by molar-refractivity contribution is 7.26. The zero-order chi connectivity index (χ0) is 31.9. The van der Waals surface area contributed by atoms with Crippen molar-refractivity contribution in [2.24, 2.45) is 0 Å². The van der Waals surface area contributed by atoms with Crippen molar-refractivity contribution in [2.45, 2.75) is 0 Å². The standard InChI is InChI=1S/C36H22N2S.C8H10/c1-5-15-30-24(10-1)25-11-2-6-16-31(25)37(30)23-20-21-35-29(22-23)28-14-9-19-34(36(28)39-35)38-32-17-7-3-12-26(32)27-13-4-8-18-33(27)38;1-4-7-8(5-2)6-3/h1-22H;4-7H,1-3H2. The van der Waals surface area contributed by atoms with Crippen molar-refractivity contribution in [1.29, 1.82) is 0 Å². The first kappa shape index (κ1) is 28.6. The van der Waals surface area contributed by atoms with E-state index < -0.39 is 0 Å². The molecular formula is C44H32N2S. The summed E-state index contributed by atoms with van der Waals surface area (Å²) in [6, 6.07) is 48.6. The quantitative estimate of drug-likeness (QED) is 0.169. The van der Waals surface area contributed by atoms with Crippen molar-refractivity contribution >= 4 is 75.1 Å². The van der Waals surface area contributed by atoms with Gasteiger partial charge in [-0.1, -0.05) is 129 Å². The van der Waals surface area contributed by atoms with E-state index in [0.717, 1.165) is 5.57 Å². The van der Waals surface area contributed by atoms with Crippen LogP contribution < -0.4 is 0 Å². The smallest absolute Gasteiger partial charge is 0.0640 e. The molecule has 0 saturated carbocycles. The number of aromatic nitrogens is 2. The van der Waals surface area contributed by atoms with E-state index in [1.165, 1.54) is 75.2 Å². The average molecular weight is 621 g/mol. The van der Waals surface area contributed by atoms with Gasteiger partial charge in [0.2, 0.25) is 0 Å². The Kier molecular flexibility index (Phi) is 7.17. The molecule has 2 nitrogen and oxygen atoms in total. The Bertz CT molecular complexity index is 2580. The zero-order valence-electron chi connectivity index (χ0n) is 25.9. The van der Waals surface area contributed by atoms with Crippen LogP contribution in [-0.2, 0) is 0 Å². The summed E-state index contributed by atoms with van der Waals surface area (Å²) in [5, 5.41) is 7.77. The largest absolute Gasteiger partial charge is 0.309 e. The molecule has 3 heteroatoms. The van der Waals surface area contributed by atoms with E-state index in [-0.39, 0.29) is 0 Å². The molecule has 0 aliphatic heterocycles. The number of hydrogen-bond donors (Lipinski definition) is 0. The maximum absolute atomic E-state index is 3.56. The molecule has 0 amide bonds. The Labute approximate surface area is 277 Å². The molecule has 0 unspecified atom stereocenters. The minimum atomic E-state index is 1.00. The molecule has 0 radical (unpaired) electrons. The second kappa shape index (κ2) is 11.8. The Morgan fingerprint density at radius 1 is 0.489 bits per heavy atom. The summed E-state index contributed by atoms with van der Waals surface area (Å²) in [6.07, 6.45) is 7.02. The topological polar surface area (TPSA) is 9.86 Å². The molecule has 47 heavy (non-hydrogen) atoms. The number of allylic oxidation sites excluding steroid dienone is 5. The molecule has 0 N–H and O–H groups in total. The fourth-order valence-corrected chi connectivity index (χ4v) is 8.01. The second-order valence-electron chi connectivity index (χ2n) is 11.5. The molecule has 3 aromatic heterocycles. The average Bonchev–Trinajstić information content (AvgIpc) is 3.78. The molecular weight excluding hydrogens is 589 g/mol. The lowest BCUT2D eigenvalue weighted by atomic mass is 10.1. The molecule has 0 atom stereocenters. The first-order chi connectivity index (χ1) is 23.2. The van der Waals surface area contributed by atoms with Crippen LogP contribution in [0.5, 0.6) is 0 Å². The molecule has 0 aliphatic carbocycles. The van der Waals surface area contributed by atoms with Gasteiger partial charge in [0.1, 0.15) is 0 Å². The van der Waals surface area contributed by atoms with Gasteiger partial charge in [0, 0.05) is 42.7 Å². The van der Waals surface area contributed by atoms with Gasteiger partial charge < -0.3 is 9.13 Å². The van der Waals surface area contributed by atoms with Gasteiger partial charge in [0.15, 0.2) is 0 Å². The van der Waals surface area contributed by atoms with Crippen LogP contribution in [0, 0.1) is 0 Å². The summed E-state index contributed by atoms with van der Waals surface area (Å²) < 4.78 is 7.47. The minimum absolute atomic E-state index is 1.00. The molecule has 0 spiro atoms. The SMILES string of the molecule is C=CC=C(C=C)C=C.c1cc(-n2c3ccccc3c3ccccc32)c2sc3ccc(-n4c5ccccc5c5ccccc54)cc3c2c1. The van der Waals surface area contributed by atoms with Crippen LogP contribution in [0.2, 0.25) is 0 Å². The number of hydrogen-bond acceptors (Lipinski definition) is 1. The lowest BCUT2D eigenvalue weighted by molar-refractivity contribution is 1.19. The van der Waals surface area contributed by atoms with E-state index in [9.17, 15) is 0 Å². The predicted molar refractivity (Wildman–Crippen MR) is 207 cm³/mol. The zero-order valence-corrected chi connectivity index (χ0v) is 26.8. The Morgan fingerprint density at radius 3 is 1.47 bits per heavy atom. The van der Waals surface area contributed by atoms with E-state index in [4.69, 9.17) is 0 Å². The highest BCUT2D eigenvalue weighted by Gasteiger charge is 2.17. The normalized spacial score (nSPS) is 11.2. The lowest BCUT2D eigenvalue weighted by Gasteiger charge is -2.09. The maximum Gasteiger partial charge on any atom is 0.0640 e. The third-order valence-electron chi connectivity index (χ3n) is 8.90. The fourth-order valence-electron chi connectivity index (χ4n) is 6.83. The van der Waals surface area contributed by atoms with Crippen molar-refractivity contribution in [2.75, 3.05) is 0 Å². The summed E-state index contributed by atoms with van der Waals surface area (Å²) in [7, 11) is 0. The lowest BCUT2D eigenvalue weighted by Crippen LogP contribution is -1.94. The second-order valence-corrected chi connectivity index (χ2v) is 12.5. The van der Waals surface area contributed by atoms with Gasteiger partial charge in [-0.2, -0.15) is 0 Å². The molecule has 0 bridgehead atoms. The monoisotopic (exact) mass is 620 g/mol. The molecule has 0 aliphatic rings. The Morgan fingerprint density at radius 2 is 0.979 bits per heavy atom. The molecule has 9 rings (SSSR count). The van der Waals surface area contributed by atoms with Gasteiger partial charge in [0.05, 0.1) is 32.5 Å². The van der Waals surface area contributed by atoms with E-state index >= 15 is 0 Å². The predicted octanol–water partition coefficient (Wildman–Crippen LogP) is 12.7. The van der Waals surface area contributed by atoms with Crippen LogP contribution in [0.25, 0.3) is 75.2 Å². The van der Waals surface area contributed by atoms with E-state index in [1.54, 1.807) is 18.2 Å². The van der Waals surface area contributed by atoms with Crippen LogP contribution in [0.3, 0.4) is 0 Å². The van der Waals surface area contributed by atoms with Crippen LogP contribution >= 0.6 is 11.3 Å². The van der Waals surface area contributed by atoms with Gasteiger partial charge >= 0.3 is 0 Å². The summed E-state index contributed by atoms with van der Waals surface area (Å²) in [4.78, 5) is 0. The van der Waals surface area contributed by atoms with E-state index in [1.807, 2.05) is 17.4 Å². The van der Waals surface area contributed by atoms with E-state index in [0.29, 0.717) is 0 Å². The van der Waals surface area contributed by atoms with Crippen molar-refractivity contribution in [3.8, 4) is 11.4 Å². The van der Waals surface area contributed by atoms with Crippen LogP contribution in [0.4, 0.5) is 0 Å². The van der Waals surface area contributed by atoms with Gasteiger partial charge in [-0.3, -0.25) is 0 Å². The molecule has 0 fully saturated rings. The maximum atomic E-state index is 3.56. The number of fused-ring (bicyclic) bond motifs is 9. The Balaban J connectivity index is 0.000000363. The number of thiophene rings is 1.